The van der Waals surface area contributed by atoms with Gasteiger partial charge < -0.3 is 15.0 Å². The van der Waals surface area contributed by atoms with Gasteiger partial charge in [0.15, 0.2) is 0 Å². The molecule has 0 spiro atoms. The molecule has 2 heterocycles. The maximum absolute atomic E-state index is 13.3. The summed E-state index contributed by atoms with van der Waals surface area (Å²) in [6, 6.07) is 5.36. The standard InChI is InChI=1S/C18H21FN4O/c19-15-2-3-16-14(9-15)1-4-17(16)20-10-13-11-21-18(22-12-13)23-5-7-24-8-6-23/h2-3,9,11-12,17,20H,1,4-8,10H2. The van der Waals surface area contributed by atoms with Crippen LogP contribution < -0.4 is 10.2 Å². The first-order valence-corrected chi connectivity index (χ1v) is 8.45. The summed E-state index contributed by atoms with van der Waals surface area (Å²) in [5.74, 6) is 0.616. The largest absolute Gasteiger partial charge is 0.378 e. The molecule has 0 amide bonds. The third-order valence-electron chi connectivity index (χ3n) is 4.72. The fourth-order valence-electron chi connectivity index (χ4n) is 3.41. The van der Waals surface area contributed by atoms with Crippen LogP contribution in [0.5, 0.6) is 0 Å². The fraction of sp³-hybridized carbons (Fsp3) is 0.444. The van der Waals surface area contributed by atoms with E-state index in [9.17, 15) is 4.39 Å². The van der Waals surface area contributed by atoms with Crippen molar-refractivity contribution in [1.82, 2.24) is 15.3 Å². The second-order valence-electron chi connectivity index (χ2n) is 6.31. The van der Waals surface area contributed by atoms with E-state index in [0.29, 0.717) is 6.54 Å². The number of fused-ring (bicyclic) bond motifs is 1. The molecule has 0 saturated carbocycles. The van der Waals surface area contributed by atoms with Crippen molar-refractivity contribution in [1.29, 1.82) is 0 Å². The van der Waals surface area contributed by atoms with Gasteiger partial charge in [0.25, 0.3) is 0 Å². The summed E-state index contributed by atoms with van der Waals surface area (Å²) in [6.07, 6.45) is 5.69. The van der Waals surface area contributed by atoms with Gasteiger partial charge >= 0.3 is 0 Å². The number of halogens is 1. The molecular weight excluding hydrogens is 307 g/mol. The zero-order valence-electron chi connectivity index (χ0n) is 13.5. The van der Waals surface area contributed by atoms with Gasteiger partial charge in [-0.25, -0.2) is 14.4 Å². The molecule has 5 nitrogen and oxygen atoms in total. The number of aromatic nitrogens is 2. The van der Waals surface area contributed by atoms with Gasteiger partial charge in [0.05, 0.1) is 13.2 Å². The molecule has 1 N–H and O–H groups in total. The highest BCUT2D eigenvalue weighted by Crippen LogP contribution is 2.31. The van der Waals surface area contributed by atoms with Crippen LogP contribution in [0, 0.1) is 5.82 Å². The summed E-state index contributed by atoms with van der Waals surface area (Å²) in [7, 11) is 0. The molecular formula is C18H21FN4O. The molecule has 0 radical (unpaired) electrons. The van der Waals surface area contributed by atoms with Crippen LogP contribution in [0.25, 0.3) is 0 Å². The Hall–Kier alpha value is -2.05. The van der Waals surface area contributed by atoms with Crippen molar-refractivity contribution >= 4 is 5.95 Å². The summed E-state index contributed by atoms with van der Waals surface area (Å²) in [6.45, 7) is 3.85. The van der Waals surface area contributed by atoms with E-state index in [4.69, 9.17) is 4.74 Å². The van der Waals surface area contributed by atoms with E-state index in [2.05, 4.69) is 20.2 Å². The summed E-state index contributed by atoms with van der Waals surface area (Å²) in [5, 5.41) is 3.54. The number of hydrogen-bond acceptors (Lipinski definition) is 5. The lowest BCUT2D eigenvalue weighted by Gasteiger charge is -2.26. The van der Waals surface area contributed by atoms with E-state index in [1.54, 1.807) is 12.1 Å². The summed E-state index contributed by atoms with van der Waals surface area (Å²) >= 11 is 0. The number of morpholine rings is 1. The first-order chi connectivity index (χ1) is 11.8. The molecule has 1 aliphatic carbocycles. The van der Waals surface area contributed by atoms with Crippen LogP contribution in [0.15, 0.2) is 30.6 Å². The zero-order valence-corrected chi connectivity index (χ0v) is 13.5. The highest BCUT2D eigenvalue weighted by atomic mass is 19.1. The van der Waals surface area contributed by atoms with Gasteiger partial charge in [-0.3, -0.25) is 0 Å². The van der Waals surface area contributed by atoms with Crippen molar-refractivity contribution in [2.24, 2.45) is 0 Å². The predicted molar refractivity (Wildman–Crippen MR) is 89.4 cm³/mol. The van der Waals surface area contributed by atoms with Crippen LogP contribution in [-0.2, 0) is 17.7 Å². The number of nitrogens with one attached hydrogen (secondary N) is 1. The van der Waals surface area contributed by atoms with Crippen LogP contribution in [-0.4, -0.2) is 36.3 Å². The minimum absolute atomic E-state index is 0.151. The third-order valence-corrected chi connectivity index (χ3v) is 4.72. The van der Waals surface area contributed by atoms with E-state index >= 15 is 0 Å². The molecule has 2 aliphatic rings. The second kappa shape index (κ2) is 6.83. The predicted octanol–water partition coefficient (Wildman–Crippen LogP) is 2.23. The normalized spacial score (nSPS) is 20.2. The number of rotatable bonds is 4. The first-order valence-electron chi connectivity index (χ1n) is 8.45. The van der Waals surface area contributed by atoms with Crippen LogP contribution in [0.4, 0.5) is 10.3 Å². The van der Waals surface area contributed by atoms with Gasteiger partial charge in [0.2, 0.25) is 5.95 Å². The van der Waals surface area contributed by atoms with Crippen molar-refractivity contribution in [2.75, 3.05) is 31.2 Å². The van der Waals surface area contributed by atoms with E-state index in [1.807, 2.05) is 18.5 Å². The summed E-state index contributed by atoms with van der Waals surface area (Å²) in [4.78, 5) is 11.1. The average molecular weight is 328 g/mol. The molecule has 1 aromatic carbocycles. The maximum atomic E-state index is 13.3. The van der Waals surface area contributed by atoms with Crippen molar-refractivity contribution in [3.05, 3.63) is 53.1 Å². The lowest BCUT2D eigenvalue weighted by atomic mass is 10.1. The number of ether oxygens (including phenoxy) is 1. The lowest BCUT2D eigenvalue weighted by Crippen LogP contribution is -2.37. The Bertz CT molecular complexity index is 701. The third kappa shape index (κ3) is 3.25. The number of anilines is 1. The van der Waals surface area contributed by atoms with Crippen molar-refractivity contribution in [3.8, 4) is 0 Å². The van der Waals surface area contributed by atoms with Gasteiger partial charge in [-0.1, -0.05) is 6.07 Å². The SMILES string of the molecule is Fc1ccc2c(c1)CCC2NCc1cnc(N2CCOCC2)nc1. The number of hydrogen-bond donors (Lipinski definition) is 1. The first kappa shape index (κ1) is 15.5. The van der Waals surface area contributed by atoms with Gasteiger partial charge in [-0.05, 0) is 36.1 Å². The minimum Gasteiger partial charge on any atom is -0.378 e. The molecule has 4 rings (SSSR count). The second-order valence-corrected chi connectivity index (χ2v) is 6.31. The molecule has 1 atom stereocenters. The molecule has 1 fully saturated rings. The Balaban J connectivity index is 1.37. The average Bonchev–Trinajstić information content (AvgIpc) is 3.03. The van der Waals surface area contributed by atoms with Crippen LogP contribution in [0.2, 0.25) is 0 Å². The van der Waals surface area contributed by atoms with Crippen molar-refractivity contribution in [3.63, 3.8) is 0 Å². The molecule has 2 aromatic rings. The smallest absolute Gasteiger partial charge is 0.225 e. The number of aryl methyl sites for hydroxylation is 1. The molecule has 0 bridgehead atoms. The van der Waals surface area contributed by atoms with Gasteiger partial charge in [0, 0.05) is 43.6 Å². The highest BCUT2D eigenvalue weighted by Gasteiger charge is 2.22. The van der Waals surface area contributed by atoms with Crippen LogP contribution in [0.1, 0.15) is 29.2 Å². The van der Waals surface area contributed by atoms with Gasteiger partial charge in [0.1, 0.15) is 5.82 Å². The Morgan fingerprint density at radius 3 is 2.79 bits per heavy atom. The van der Waals surface area contributed by atoms with Crippen LogP contribution in [0.3, 0.4) is 0 Å². The summed E-state index contributed by atoms with van der Waals surface area (Å²) < 4.78 is 18.6. The minimum atomic E-state index is -0.151. The highest BCUT2D eigenvalue weighted by molar-refractivity contribution is 5.35. The molecule has 6 heteroatoms. The monoisotopic (exact) mass is 328 g/mol. The molecule has 1 aromatic heterocycles. The van der Waals surface area contributed by atoms with Gasteiger partial charge in [-0.15, -0.1) is 0 Å². The van der Waals surface area contributed by atoms with Crippen molar-refractivity contribution < 1.29 is 9.13 Å². The number of benzene rings is 1. The molecule has 24 heavy (non-hydrogen) atoms. The quantitative estimate of drug-likeness (QED) is 0.933. The molecule has 126 valence electrons. The molecule has 1 saturated heterocycles. The zero-order chi connectivity index (χ0) is 16.4. The Labute approximate surface area is 140 Å². The Morgan fingerprint density at radius 1 is 1.21 bits per heavy atom. The van der Waals surface area contributed by atoms with E-state index in [0.717, 1.165) is 56.2 Å². The maximum Gasteiger partial charge on any atom is 0.225 e. The van der Waals surface area contributed by atoms with E-state index in [-0.39, 0.29) is 11.9 Å². The molecule has 1 unspecified atom stereocenters. The lowest BCUT2D eigenvalue weighted by molar-refractivity contribution is 0.122. The van der Waals surface area contributed by atoms with Crippen LogP contribution >= 0.6 is 0 Å². The summed E-state index contributed by atoms with van der Waals surface area (Å²) in [5.41, 5.74) is 3.39. The Kier molecular flexibility index (Phi) is 4.40. The van der Waals surface area contributed by atoms with Gasteiger partial charge in [-0.2, -0.15) is 0 Å². The topological polar surface area (TPSA) is 50.3 Å². The number of nitrogens with zero attached hydrogens (tertiary/aromatic N) is 3. The Morgan fingerprint density at radius 2 is 2.00 bits per heavy atom. The van der Waals surface area contributed by atoms with E-state index < -0.39 is 0 Å². The van der Waals surface area contributed by atoms with E-state index in [1.165, 1.54) is 5.56 Å². The fourth-order valence-corrected chi connectivity index (χ4v) is 3.41. The molecule has 1 aliphatic heterocycles. The van der Waals surface area contributed by atoms with Crippen molar-refractivity contribution in [2.45, 2.75) is 25.4 Å².